The molecule has 0 amide bonds. The van der Waals surface area contributed by atoms with E-state index in [2.05, 4.69) is 0 Å². The van der Waals surface area contributed by atoms with E-state index in [4.69, 9.17) is 4.52 Å². The van der Waals surface area contributed by atoms with E-state index < -0.39 is 8.38 Å². The first-order valence-corrected chi connectivity index (χ1v) is 5.40. The Kier molecular flexibility index (Phi) is 2.00. The van der Waals surface area contributed by atoms with Gasteiger partial charge in [0.1, 0.15) is 0 Å². The molecule has 1 saturated carbocycles. The highest BCUT2D eigenvalue weighted by Gasteiger charge is 2.33. The highest BCUT2D eigenvalue weighted by molar-refractivity contribution is 7.48. The van der Waals surface area contributed by atoms with E-state index in [-0.39, 0.29) is 5.60 Å². The predicted octanol–water partition coefficient (Wildman–Crippen LogP) is 1.91. The molecule has 0 aromatic heterocycles. The lowest BCUT2D eigenvalue weighted by Gasteiger charge is -2.34. The molecule has 11 heavy (non-hydrogen) atoms. The van der Waals surface area contributed by atoms with Crippen molar-refractivity contribution in [2.24, 2.45) is 0 Å². The summed E-state index contributed by atoms with van der Waals surface area (Å²) in [6, 6.07) is 0. The fraction of sp³-hybridized carbons (Fsp3) is 0.750. The van der Waals surface area contributed by atoms with Crippen molar-refractivity contribution in [3.63, 3.8) is 0 Å². The van der Waals surface area contributed by atoms with Crippen LogP contribution < -0.4 is 4.89 Å². The Labute approximate surface area is 68.2 Å². The first kappa shape index (κ1) is 7.72. The van der Waals surface area contributed by atoms with Crippen LogP contribution in [0.2, 0.25) is 0 Å². The summed E-state index contributed by atoms with van der Waals surface area (Å²) in [4.78, 5) is 11.0. The molecule has 0 radical (unpaired) electrons. The predicted molar refractivity (Wildman–Crippen MR) is 43.0 cm³/mol. The molecule has 1 atom stereocenters. The lowest BCUT2D eigenvalue weighted by Crippen LogP contribution is -2.28. The van der Waals surface area contributed by atoms with Crippen LogP contribution in [0, 0.1) is 0 Å². The molecule has 0 aromatic rings. The van der Waals surface area contributed by atoms with E-state index in [1.807, 2.05) is 6.08 Å². The van der Waals surface area contributed by atoms with E-state index in [1.54, 1.807) is 5.82 Å². The van der Waals surface area contributed by atoms with E-state index in [9.17, 15) is 4.89 Å². The Morgan fingerprint density at radius 3 is 2.55 bits per heavy atom. The maximum Gasteiger partial charge on any atom is 0.0896 e. The van der Waals surface area contributed by atoms with Crippen LogP contribution in [0.25, 0.3) is 0 Å². The lowest BCUT2D eigenvalue weighted by atomic mass is 9.85. The summed E-state index contributed by atoms with van der Waals surface area (Å²) < 4.78 is 5.39. The maximum absolute atomic E-state index is 11.0. The third kappa shape index (κ3) is 1.48. The molecule has 1 heterocycles. The van der Waals surface area contributed by atoms with Gasteiger partial charge in [-0.1, -0.05) is 25.3 Å². The summed E-state index contributed by atoms with van der Waals surface area (Å²) in [5.41, 5.74) is -0.119. The van der Waals surface area contributed by atoms with Crippen molar-refractivity contribution in [1.29, 1.82) is 0 Å². The van der Waals surface area contributed by atoms with Crippen molar-refractivity contribution in [3.05, 3.63) is 11.9 Å². The van der Waals surface area contributed by atoms with E-state index in [0.29, 0.717) is 0 Å². The molecule has 2 rings (SSSR count). The van der Waals surface area contributed by atoms with Gasteiger partial charge in [-0.2, -0.15) is 0 Å². The fourth-order valence-electron chi connectivity index (χ4n) is 1.84. The zero-order valence-corrected chi connectivity index (χ0v) is 7.35. The Morgan fingerprint density at radius 2 is 2.00 bits per heavy atom. The Hall–Kier alpha value is 0.0900. The van der Waals surface area contributed by atoms with Crippen molar-refractivity contribution in [2.75, 3.05) is 0 Å². The molecule has 1 aliphatic carbocycles. The summed E-state index contributed by atoms with van der Waals surface area (Å²) in [6.07, 6.45) is 7.86. The van der Waals surface area contributed by atoms with Gasteiger partial charge in [0.15, 0.2) is 0 Å². The molecule has 0 bridgehead atoms. The van der Waals surface area contributed by atoms with E-state index in [1.165, 1.54) is 19.3 Å². The van der Waals surface area contributed by atoms with Crippen LogP contribution in [0.5, 0.6) is 0 Å². The van der Waals surface area contributed by atoms with Crippen molar-refractivity contribution in [2.45, 2.75) is 37.7 Å². The largest absolute Gasteiger partial charge is 0.805 e. The Bertz CT molecular complexity index is 173. The topological polar surface area (TPSA) is 32.3 Å². The van der Waals surface area contributed by atoms with E-state index >= 15 is 0 Å². The van der Waals surface area contributed by atoms with Crippen LogP contribution in [0.3, 0.4) is 0 Å². The molecule has 1 aliphatic heterocycles. The van der Waals surface area contributed by atoms with Crippen LogP contribution in [0.1, 0.15) is 32.1 Å². The SMILES string of the molecule is [O-]P1C=CC2(CCCCC2)O1. The van der Waals surface area contributed by atoms with Crippen molar-refractivity contribution in [1.82, 2.24) is 0 Å². The molecule has 1 spiro atoms. The number of rotatable bonds is 0. The summed E-state index contributed by atoms with van der Waals surface area (Å²) in [5.74, 6) is 1.71. The van der Waals surface area contributed by atoms with Gasteiger partial charge in [0.05, 0.1) is 5.60 Å². The molecule has 1 unspecified atom stereocenters. The normalized spacial score (nSPS) is 34.8. The van der Waals surface area contributed by atoms with Crippen LogP contribution in [0.4, 0.5) is 0 Å². The van der Waals surface area contributed by atoms with E-state index in [0.717, 1.165) is 12.8 Å². The maximum atomic E-state index is 11.0. The summed E-state index contributed by atoms with van der Waals surface area (Å²) >= 11 is 0. The highest BCUT2D eigenvalue weighted by Crippen LogP contribution is 2.48. The van der Waals surface area contributed by atoms with Crippen LogP contribution >= 0.6 is 8.38 Å². The minimum Gasteiger partial charge on any atom is -0.805 e. The van der Waals surface area contributed by atoms with Crippen molar-refractivity contribution < 1.29 is 9.42 Å². The van der Waals surface area contributed by atoms with Crippen LogP contribution in [-0.2, 0) is 4.52 Å². The van der Waals surface area contributed by atoms with Gasteiger partial charge >= 0.3 is 0 Å². The molecule has 62 valence electrons. The molecule has 1 fully saturated rings. The fourth-order valence-corrected chi connectivity index (χ4v) is 2.90. The molecule has 3 heteroatoms. The van der Waals surface area contributed by atoms with Gasteiger partial charge in [-0.15, -0.1) is 0 Å². The quantitative estimate of drug-likeness (QED) is 0.521. The smallest absolute Gasteiger partial charge is 0.0896 e. The average molecular weight is 171 g/mol. The van der Waals surface area contributed by atoms with Crippen molar-refractivity contribution in [3.8, 4) is 0 Å². The molecular formula is C8H12O2P-. The summed E-state index contributed by atoms with van der Waals surface area (Å²) in [5, 5.41) is 0. The lowest BCUT2D eigenvalue weighted by molar-refractivity contribution is -0.183. The Balaban J connectivity index is 2.05. The second-order valence-electron chi connectivity index (χ2n) is 3.32. The van der Waals surface area contributed by atoms with Crippen molar-refractivity contribution >= 4 is 8.38 Å². The summed E-state index contributed by atoms with van der Waals surface area (Å²) in [6.45, 7) is 0. The standard InChI is InChI=1S/C8H12O2P/c9-11-7-6-8(10-11)4-2-1-3-5-8/h6-7H,1-5H2/q-1. The van der Waals surface area contributed by atoms with Gasteiger partial charge in [0.25, 0.3) is 0 Å². The molecule has 0 N–H and O–H groups in total. The van der Waals surface area contributed by atoms with Gasteiger partial charge in [0.2, 0.25) is 0 Å². The second kappa shape index (κ2) is 2.85. The number of hydrogen-bond acceptors (Lipinski definition) is 2. The van der Waals surface area contributed by atoms with Gasteiger partial charge in [-0.3, -0.25) is 0 Å². The van der Waals surface area contributed by atoms with Crippen LogP contribution in [-0.4, -0.2) is 5.60 Å². The molecular weight excluding hydrogens is 159 g/mol. The third-order valence-electron chi connectivity index (χ3n) is 2.47. The van der Waals surface area contributed by atoms with Gasteiger partial charge in [-0.05, 0) is 27.0 Å². The molecule has 0 saturated heterocycles. The summed E-state index contributed by atoms with van der Waals surface area (Å²) in [7, 11) is -1.47. The Morgan fingerprint density at radius 1 is 1.27 bits per heavy atom. The van der Waals surface area contributed by atoms with Gasteiger partial charge in [-0.25, -0.2) is 0 Å². The zero-order valence-electron chi connectivity index (χ0n) is 6.45. The highest BCUT2D eigenvalue weighted by atomic mass is 31.2. The average Bonchev–Trinajstić information content (AvgIpc) is 2.34. The minimum atomic E-state index is -1.47. The van der Waals surface area contributed by atoms with Crippen LogP contribution in [0.15, 0.2) is 11.9 Å². The number of hydrogen-bond donors (Lipinski definition) is 0. The first-order valence-electron chi connectivity index (χ1n) is 4.16. The monoisotopic (exact) mass is 171 g/mol. The molecule has 2 nitrogen and oxygen atoms in total. The second-order valence-corrected chi connectivity index (χ2v) is 4.37. The zero-order chi connectivity index (χ0) is 7.73. The minimum absolute atomic E-state index is 0.119. The third-order valence-corrected chi connectivity index (χ3v) is 3.41. The first-order chi connectivity index (χ1) is 5.31. The molecule has 0 aromatic carbocycles. The van der Waals surface area contributed by atoms with Gasteiger partial charge < -0.3 is 9.42 Å². The molecule has 2 aliphatic rings. The van der Waals surface area contributed by atoms with Gasteiger partial charge in [0, 0.05) is 0 Å².